The largest absolute Gasteiger partial charge is 0.478 e. The molecule has 0 bridgehead atoms. The molecule has 10 heteroatoms. The summed E-state index contributed by atoms with van der Waals surface area (Å²) < 4.78 is 89.9. The van der Waals surface area contributed by atoms with E-state index in [0.29, 0.717) is 12.1 Å². The van der Waals surface area contributed by atoms with Crippen molar-refractivity contribution in [3.63, 3.8) is 0 Å². The smallest absolute Gasteiger partial charge is 0.423 e. The number of rotatable bonds is 4. The molecule has 1 rings (SSSR count). The molecule has 1 aromatic rings. The Morgan fingerprint density at radius 2 is 1.67 bits per heavy atom. The van der Waals surface area contributed by atoms with E-state index in [-0.39, 0.29) is 5.56 Å². The summed E-state index contributed by atoms with van der Waals surface area (Å²) >= 11 is 0. The fourth-order valence-electron chi connectivity index (χ4n) is 1.38. The first-order valence-electron chi connectivity index (χ1n) is 5.19. The van der Waals surface area contributed by atoms with Crippen molar-refractivity contribution < 1.29 is 45.4 Å². The van der Waals surface area contributed by atoms with Crippen LogP contribution in [0.25, 0.3) is 0 Å². The van der Waals surface area contributed by atoms with E-state index in [2.05, 4.69) is 4.74 Å². The maximum absolute atomic E-state index is 13.0. The summed E-state index contributed by atoms with van der Waals surface area (Å²) in [5.74, 6) is -2.88. The molecule has 0 amide bonds. The lowest BCUT2D eigenvalue weighted by atomic mass is 10.1. The van der Waals surface area contributed by atoms with Gasteiger partial charge in [0.1, 0.15) is 5.82 Å². The second-order valence-electron chi connectivity index (χ2n) is 3.89. The minimum atomic E-state index is -5.67. The highest BCUT2D eigenvalue weighted by Gasteiger charge is 2.57. The highest BCUT2D eigenvalue weighted by molar-refractivity contribution is 5.88. The maximum atomic E-state index is 13.0. The number of ether oxygens (including phenoxy) is 1. The van der Waals surface area contributed by atoms with Gasteiger partial charge in [-0.2, -0.15) is 26.3 Å². The van der Waals surface area contributed by atoms with E-state index in [1.54, 1.807) is 0 Å². The lowest BCUT2D eigenvalue weighted by Crippen LogP contribution is -2.44. The standard InChI is InChI=1S/C11H7F7O3/c12-7-2-1-5(3-6(7)8(19)20)4-21-9(10(13,14)15)11(16,17)18/h1-3,9H,4H2,(H,19,20). The van der Waals surface area contributed by atoms with Gasteiger partial charge in [-0.05, 0) is 17.7 Å². The van der Waals surface area contributed by atoms with Crippen LogP contribution in [0, 0.1) is 5.82 Å². The summed E-state index contributed by atoms with van der Waals surface area (Å²) in [6, 6.07) is 2.03. The average molecular weight is 320 g/mol. The summed E-state index contributed by atoms with van der Waals surface area (Å²) in [6.45, 7) is -1.18. The van der Waals surface area contributed by atoms with E-state index in [1.165, 1.54) is 0 Å². The van der Waals surface area contributed by atoms with E-state index >= 15 is 0 Å². The molecule has 0 radical (unpaired) electrons. The van der Waals surface area contributed by atoms with Crippen LogP contribution in [0.4, 0.5) is 30.7 Å². The number of hydrogen-bond acceptors (Lipinski definition) is 2. The van der Waals surface area contributed by atoms with E-state index < -0.39 is 42.4 Å². The second-order valence-corrected chi connectivity index (χ2v) is 3.89. The number of carbonyl (C=O) groups is 1. The zero-order valence-electron chi connectivity index (χ0n) is 9.93. The first-order valence-corrected chi connectivity index (χ1v) is 5.19. The van der Waals surface area contributed by atoms with Gasteiger partial charge < -0.3 is 9.84 Å². The van der Waals surface area contributed by atoms with Gasteiger partial charge in [0.15, 0.2) is 0 Å². The van der Waals surface area contributed by atoms with Crippen LogP contribution in [-0.4, -0.2) is 29.5 Å². The van der Waals surface area contributed by atoms with E-state index in [4.69, 9.17) is 5.11 Å². The summed E-state index contributed by atoms with van der Waals surface area (Å²) in [5, 5.41) is 8.59. The first kappa shape index (κ1) is 17.2. The van der Waals surface area contributed by atoms with Crippen molar-refractivity contribution in [3.8, 4) is 0 Å². The maximum Gasteiger partial charge on any atom is 0.423 e. The number of aromatic carboxylic acids is 1. The molecule has 21 heavy (non-hydrogen) atoms. The van der Waals surface area contributed by atoms with Gasteiger partial charge in [0, 0.05) is 0 Å². The Morgan fingerprint density at radius 3 is 2.10 bits per heavy atom. The van der Waals surface area contributed by atoms with Gasteiger partial charge in [-0.3, -0.25) is 0 Å². The van der Waals surface area contributed by atoms with E-state index in [9.17, 15) is 35.5 Å². The third-order valence-corrected chi connectivity index (χ3v) is 2.27. The van der Waals surface area contributed by atoms with Gasteiger partial charge in [0.05, 0.1) is 12.2 Å². The van der Waals surface area contributed by atoms with Crippen LogP contribution >= 0.6 is 0 Å². The van der Waals surface area contributed by atoms with Crippen LogP contribution in [-0.2, 0) is 11.3 Å². The number of carboxylic acids is 1. The Labute approximate surface area is 112 Å². The number of carboxylic acid groups (broad SMARTS) is 1. The molecule has 0 aromatic heterocycles. The highest BCUT2D eigenvalue weighted by atomic mass is 19.4. The molecule has 0 atom stereocenters. The zero-order valence-corrected chi connectivity index (χ0v) is 9.93. The topological polar surface area (TPSA) is 46.5 Å². The predicted molar refractivity (Wildman–Crippen MR) is 54.0 cm³/mol. The van der Waals surface area contributed by atoms with Crippen LogP contribution < -0.4 is 0 Å². The van der Waals surface area contributed by atoms with Crippen LogP contribution in [0.5, 0.6) is 0 Å². The van der Waals surface area contributed by atoms with Crippen molar-refractivity contribution in [1.29, 1.82) is 0 Å². The quantitative estimate of drug-likeness (QED) is 0.863. The summed E-state index contributed by atoms with van der Waals surface area (Å²) in [6.07, 6.45) is -15.4. The summed E-state index contributed by atoms with van der Waals surface area (Å²) in [5.41, 5.74) is -1.22. The monoisotopic (exact) mass is 320 g/mol. The fourth-order valence-corrected chi connectivity index (χ4v) is 1.38. The Kier molecular flexibility index (Phi) is 4.82. The number of alkyl halides is 6. The van der Waals surface area contributed by atoms with Gasteiger partial charge in [-0.15, -0.1) is 0 Å². The molecule has 0 aliphatic rings. The highest BCUT2D eigenvalue weighted by Crippen LogP contribution is 2.36. The van der Waals surface area contributed by atoms with Crippen molar-refractivity contribution in [1.82, 2.24) is 0 Å². The van der Waals surface area contributed by atoms with Gasteiger partial charge >= 0.3 is 18.3 Å². The normalized spacial score (nSPS) is 12.8. The molecule has 0 saturated heterocycles. The molecular formula is C11H7F7O3. The molecule has 0 aliphatic heterocycles. The minimum Gasteiger partial charge on any atom is -0.478 e. The number of halogens is 7. The fraction of sp³-hybridized carbons (Fsp3) is 0.364. The predicted octanol–water partition coefficient (Wildman–Crippen LogP) is 3.53. The van der Waals surface area contributed by atoms with Crippen molar-refractivity contribution >= 4 is 5.97 Å². The zero-order chi connectivity index (χ0) is 16.4. The van der Waals surface area contributed by atoms with Gasteiger partial charge in [-0.25, -0.2) is 9.18 Å². The Bertz CT molecular complexity index is 508. The molecule has 1 N–H and O–H groups in total. The molecule has 0 unspecified atom stereocenters. The van der Waals surface area contributed by atoms with Crippen LogP contribution in [0.2, 0.25) is 0 Å². The molecular weight excluding hydrogens is 313 g/mol. The SMILES string of the molecule is O=C(O)c1cc(COC(C(F)(F)F)C(F)(F)F)ccc1F. The van der Waals surface area contributed by atoms with E-state index in [0.717, 1.165) is 6.07 Å². The van der Waals surface area contributed by atoms with Gasteiger partial charge in [0.2, 0.25) is 6.10 Å². The van der Waals surface area contributed by atoms with Crippen molar-refractivity contribution in [3.05, 3.63) is 35.1 Å². The van der Waals surface area contributed by atoms with E-state index in [1.807, 2.05) is 0 Å². The van der Waals surface area contributed by atoms with Crippen LogP contribution in [0.1, 0.15) is 15.9 Å². The van der Waals surface area contributed by atoms with Gasteiger partial charge in [-0.1, -0.05) is 6.07 Å². The third kappa shape index (κ3) is 4.59. The average Bonchev–Trinajstić information content (AvgIpc) is 2.27. The Morgan fingerprint density at radius 1 is 1.14 bits per heavy atom. The lowest BCUT2D eigenvalue weighted by Gasteiger charge is -2.23. The first-order chi connectivity index (χ1) is 9.43. The van der Waals surface area contributed by atoms with Gasteiger partial charge in [0.25, 0.3) is 0 Å². The molecule has 0 fully saturated rings. The Hall–Kier alpha value is -1.84. The molecule has 0 heterocycles. The number of hydrogen-bond donors (Lipinski definition) is 1. The van der Waals surface area contributed by atoms with Crippen molar-refractivity contribution in [2.45, 2.75) is 25.1 Å². The molecule has 0 saturated carbocycles. The molecule has 118 valence electrons. The van der Waals surface area contributed by atoms with Crippen molar-refractivity contribution in [2.75, 3.05) is 0 Å². The number of benzene rings is 1. The second kappa shape index (κ2) is 5.88. The molecule has 3 nitrogen and oxygen atoms in total. The summed E-state index contributed by atoms with van der Waals surface area (Å²) in [4.78, 5) is 10.6. The Balaban J connectivity index is 2.92. The van der Waals surface area contributed by atoms with Crippen LogP contribution in [0.15, 0.2) is 18.2 Å². The molecule has 1 aromatic carbocycles. The lowest BCUT2D eigenvalue weighted by molar-refractivity contribution is -0.324. The summed E-state index contributed by atoms with van der Waals surface area (Å²) in [7, 11) is 0. The molecule has 0 aliphatic carbocycles. The third-order valence-electron chi connectivity index (χ3n) is 2.27. The minimum absolute atomic E-state index is 0.340. The molecule has 0 spiro atoms. The van der Waals surface area contributed by atoms with Crippen molar-refractivity contribution in [2.24, 2.45) is 0 Å². The van der Waals surface area contributed by atoms with Crippen LogP contribution in [0.3, 0.4) is 0 Å².